The Morgan fingerprint density at radius 1 is 0.941 bits per heavy atom. The Balaban J connectivity index is 1.68. The predicted molar refractivity (Wildman–Crippen MR) is 123 cm³/mol. The molecule has 0 bridgehead atoms. The van der Waals surface area contributed by atoms with Gasteiger partial charge in [0.15, 0.2) is 0 Å². The lowest BCUT2D eigenvalue weighted by Crippen LogP contribution is -2.05. The number of para-hydroxylation sites is 1. The van der Waals surface area contributed by atoms with E-state index in [0.29, 0.717) is 41.2 Å². The van der Waals surface area contributed by atoms with Crippen LogP contribution in [0.15, 0.2) is 72.8 Å². The second-order valence-corrected chi connectivity index (χ2v) is 7.89. The number of hydrogen-bond acceptors (Lipinski definition) is 3. The maximum absolute atomic E-state index is 13.3. The van der Waals surface area contributed by atoms with Crippen LogP contribution in [0, 0.1) is 0 Å². The predicted octanol–water partition coefficient (Wildman–Crippen LogP) is 6.74. The molecule has 1 aromatic heterocycles. The van der Waals surface area contributed by atoms with E-state index in [-0.39, 0.29) is 6.42 Å². The van der Waals surface area contributed by atoms with Crippen molar-refractivity contribution in [3.63, 3.8) is 0 Å². The highest BCUT2D eigenvalue weighted by Crippen LogP contribution is 2.35. The molecule has 0 saturated heterocycles. The molecule has 0 aliphatic heterocycles. The van der Waals surface area contributed by atoms with Crippen molar-refractivity contribution in [1.29, 1.82) is 0 Å². The Labute approximate surface area is 194 Å². The zero-order valence-electron chi connectivity index (χ0n) is 18.3. The minimum absolute atomic E-state index is 0.139. The topological polar surface area (TPSA) is 64.3 Å². The average Bonchev–Trinajstić information content (AvgIpc) is 3.20. The lowest BCUT2D eigenvalue weighted by molar-refractivity contribution is -0.138. The number of carboxylic acids is 1. The van der Waals surface area contributed by atoms with Gasteiger partial charge in [-0.1, -0.05) is 30.3 Å². The molecular weight excluding hydrogens is 445 g/mol. The van der Waals surface area contributed by atoms with Gasteiger partial charge in [-0.25, -0.2) is 4.98 Å². The average molecular weight is 468 g/mol. The number of imidazole rings is 1. The molecular formula is C26H23F3N2O3. The first-order chi connectivity index (χ1) is 16.3. The van der Waals surface area contributed by atoms with Crippen LogP contribution in [-0.2, 0) is 11.0 Å². The molecule has 1 N–H and O–H groups in total. The molecule has 0 aliphatic rings. The molecule has 4 aromatic rings. The van der Waals surface area contributed by atoms with Crippen molar-refractivity contribution in [3.8, 4) is 22.8 Å². The molecule has 0 atom stereocenters. The number of carboxylic acid groups (broad SMARTS) is 1. The number of unbranched alkanes of at least 4 members (excludes halogenated alkanes) is 2. The van der Waals surface area contributed by atoms with Gasteiger partial charge >= 0.3 is 12.1 Å². The molecule has 0 amide bonds. The Kier molecular flexibility index (Phi) is 6.86. The Hall–Kier alpha value is -3.81. The number of halogens is 3. The van der Waals surface area contributed by atoms with E-state index < -0.39 is 17.7 Å². The maximum atomic E-state index is 13.3. The molecule has 5 nitrogen and oxygen atoms in total. The van der Waals surface area contributed by atoms with E-state index in [1.165, 1.54) is 6.07 Å². The van der Waals surface area contributed by atoms with Crippen molar-refractivity contribution in [1.82, 2.24) is 9.55 Å². The highest BCUT2D eigenvalue weighted by Gasteiger charge is 2.31. The van der Waals surface area contributed by atoms with Gasteiger partial charge in [-0.15, -0.1) is 0 Å². The number of nitrogens with zero attached hydrogens (tertiary/aromatic N) is 2. The van der Waals surface area contributed by atoms with Crippen molar-refractivity contribution >= 4 is 17.0 Å². The van der Waals surface area contributed by atoms with E-state index in [2.05, 4.69) is 4.98 Å². The molecule has 8 heteroatoms. The maximum Gasteiger partial charge on any atom is 0.416 e. The van der Waals surface area contributed by atoms with Crippen LogP contribution in [0.4, 0.5) is 13.2 Å². The number of aromatic nitrogens is 2. The molecule has 0 spiro atoms. The van der Waals surface area contributed by atoms with Gasteiger partial charge in [0.1, 0.15) is 11.6 Å². The fourth-order valence-corrected chi connectivity index (χ4v) is 3.76. The third kappa shape index (κ3) is 5.39. The van der Waals surface area contributed by atoms with Crippen LogP contribution < -0.4 is 4.74 Å². The fraction of sp³-hybridized carbons (Fsp3) is 0.231. The second-order valence-electron chi connectivity index (χ2n) is 7.89. The van der Waals surface area contributed by atoms with Gasteiger partial charge in [0, 0.05) is 23.7 Å². The van der Waals surface area contributed by atoms with E-state index in [1.54, 1.807) is 18.2 Å². The number of hydrogen-bond donors (Lipinski definition) is 1. The van der Waals surface area contributed by atoms with Crippen LogP contribution in [0.1, 0.15) is 31.2 Å². The van der Waals surface area contributed by atoms with E-state index >= 15 is 0 Å². The standard InChI is InChI=1S/C26H23F3N2O3/c27-26(28,29)19-9-7-8-18(16-19)25-30-22-14-13-21(34-15-6-2-5-12-24(32)33)17-23(22)31(25)20-10-3-1-4-11-20/h1,3-4,7-11,13-14,16-17H,2,5-6,12,15H2,(H,32,33). The number of carbonyl (C=O) groups is 1. The van der Waals surface area contributed by atoms with E-state index in [0.717, 1.165) is 30.7 Å². The molecule has 0 aliphatic carbocycles. The minimum atomic E-state index is -4.45. The summed E-state index contributed by atoms with van der Waals surface area (Å²) < 4.78 is 47.7. The molecule has 176 valence electrons. The van der Waals surface area contributed by atoms with Gasteiger partial charge in [-0.2, -0.15) is 13.2 Å². The lowest BCUT2D eigenvalue weighted by atomic mass is 10.1. The number of rotatable bonds is 9. The molecule has 34 heavy (non-hydrogen) atoms. The second kappa shape index (κ2) is 9.99. The Bertz CT molecular complexity index is 1280. The van der Waals surface area contributed by atoms with Gasteiger partial charge in [-0.05, 0) is 55.7 Å². The first-order valence-electron chi connectivity index (χ1n) is 10.9. The Morgan fingerprint density at radius 2 is 1.74 bits per heavy atom. The van der Waals surface area contributed by atoms with E-state index in [9.17, 15) is 18.0 Å². The number of aliphatic carboxylic acids is 1. The van der Waals surface area contributed by atoms with Gasteiger partial charge in [0.25, 0.3) is 0 Å². The van der Waals surface area contributed by atoms with Crippen molar-refractivity contribution in [3.05, 3.63) is 78.4 Å². The van der Waals surface area contributed by atoms with Crippen LogP contribution in [0.2, 0.25) is 0 Å². The van der Waals surface area contributed by atoms with Crippen molar-refractivity contribution < 1.29 is 27.8 Å². The molecule has 1 heterocycles. The van der Waals surface area contributed by atoms with Crippen molar-refractivity contribution in [2.24, 2.45) is 0 Å². The first kappa shape index (κ1) is 23.4. The highest BCUT2D eigenvalue weighted by molar-refractivity contribution is 5.84. The number of ether oxygens (including phenoxy) is 1. The summed E-state index contributed by atoms with van der Waals surface area (Å²) in [6.45, 7) is 0.436. The SMILES string of the molecule is O=C(O)CCCCCOc1ccc2nc(-c3cccc(C(F)(F)F)c3)n(-c3ccccc3)c2c1. The summed E-state index contributed by atoms with van der Waals surface area (Å²) in [6.07, 6.45) is -2.25. The summed E-state index contributed by atoms with van der Waals surface area (Å²) in [5.41, 5.74) is 1.73. The summed E-state index contributed by atoms with van der Waals surface area (Å²) in [4.78, 5) is 15.2. The summed E-state index contributed by atoms with van der Waals surface area (Å²) in [5, 5.41) is 8.71. The van der Waals surface area contributed by atoms with Gasteiger partial charge in [0.2, 0.25) is 0 Å². The molecule has 4 rings (SSSR count). The van der Waals surface area contributed by atoms with Crippen molar-refractivity contribution in [2.75, 3.05) is 6.61 Å². The largest absolute Gasteiger partial charge is 0.494 e. The number of alkyl halides is 3. The molecule has 0 unspecified atom stereocenters. The lowest BCUT2D eigenvalue weighted by Gasteiger charge is -2.12. The van der Waals surface area contributed by atoms with Crippen LogP contribution in [0.5, 0.6) is 5.75 Å². The first-order valence-corrected chi connectivity index (χ1v) is 10.9. The summed E-state index contributed by atoms with van der Waals surface area (Å²) in [7, 11) is 0. The normalized spacial score (nSPS) is 11.6. The third-order valence-corrected chi connectivity index (χ3v) is 5.39. The quantitative estimate of drug-likeness (QED) is 0.277. The van der Waals surface area contributed by atoms with Crippen molar-refractivity contribution in [2.45, 2.75) is 31.9 Å². The van der Waals surface area contributed by atoms with Gasteiger partial charge < -0.3 is 9.84 Å². The van der Waals surface area contributed by atoms with Crippen LogP contribution >= 0.6 is 0 Å². The fourth-order valence-electron chi connectivity index (χ4n) is 3.76. The minimum Gasteiger partial charge on any atom is -0.494 e. The highest BCUT2D eigenvalue weighted by atomic mass is 19.4. The van der Waals surface area contributed by atoms with Crippen LogP contribution in [0.3, 0.4) is 0 Å². The van der Waals surface area contributed by atoms with Gasteiger partial charge in [0.05, 0.1) is 23.2 Å². The number of benzene rings is 3. The van der Waals surface area contributed by atoms with E-state index in [4.69, 9.17) is 9.84 Å². The zero-order chi connectivity index (χ0) is 24.1. The molecule has 3 aromatic carbocycles. The van der Waals surface area contributed by atoms with Crippen LogP contribution in [0.25, 0.3) is 28.1 Å². The molecule has 0 saturated carbocycles. The smallest absolute Gasteiger partial charge is 0.416 e. The molecule has 0 fully saturated rings. The summed E-state index contributed by atoms with van der Waals surface area (Å²) in [5.74, 6) is 0.202. The zero-order valence-corrected chi connectivity index (χ0v) is 18.3. The summed E-state index contributed by atoms with van der Waals surface area (Å²) in [6, 6.07) is 19.8. The third-order valence-electron chi connectivity index (χ3n) is 5.39. The monoisotopic (exact) mass is 468 g/mol. The van der Waals surface area contributed by atoms with Gasteiger partial charge in [-0.3, -0.25) is 9.36 Å². The Morgan fingerprint density at radius 3 is 2.47 bits per heavy atom. The molecule has 0 radical (unpaired) electrons. The number of fused-ring (bicyclic) bond motifs is 1. The van der Waals surface area contributed by atoms with Crippen LogP contribution in [-0.4, -0.2) is 27.2 Å². The summed E-state index contributed by atoms with van der Waals surface area (Å²) >= 11 is 0. The van der Waals surface area contributed by atoms with E-state index in [1.807, 2.05) is 41.0 Å².